The lowest BCUT2D eigenvalue weighted by atomic mass is 10.1. The summed E-state index contributed by atoms with van der Waals surface area (Å²) in [6.45, 7) is 0.101. The number of hydrogen-bond acceptors (Lipinski definition) is 16. The topological polar surface area (TPSA) is 475 Å². The molecule has 0 aromatic carbocycles. The lowest BCUT2D eigenvalue weighted by Gasteiger charge is -2.30. The summed E-state index contributed by atoms with van der Waals surface area (Å²) in [5.41, 5.74) is 10.7. The summed E-state index contributed by atoms with van der Waals surface area (Å²) in [6, 6.07) is -13.5. The van der Waals surface area contributed by atoms with E-state index < -0.39 is 177 Å². The Balaban J connectivity index is 1.70. The van der Waals surface area contributed by atoms with Gasteiger partial charge in [-0.2, -0.15) is 0 Å². The van der Waals surface area contributed by atoms with E-state index in [0.29, 0.717) is 32.4 Å². The molecule has 70 heavy (non-hydrogen) atoms. The number of aliphatic hydroxyl groups excluding tert-OH is 1. The fourth-order valence-electron chi connectivity index (χ4n) is 7.83. The average molecular weight is 997 g/mol. The molecule has 0 aromatic heterocycles. The van der Waals surface area contributed by atoms with Crippen LogP contribution in [0, 0.1) is 0 Å². The minimum atomic E-state index is -1.93. The Morgan fingerprint density at radius 3 is 1.66 bits per heavy atom. The molecule has 9 atom stereocenters. The number of hydrogen-bond donors (Lipinski definition) is 14. The van der Waals surface area contributed by atoms with Crippen molar-refractivity contribution in [2.24, 2.45) is 11.5 Å². The third kappa shape index (κ3) is 17.2. The molecule has 11 amide bonds. The monoisotopic (exact) mass is 996 g/mol. The maximum Gasteiger partial charge on any atom is 0.328 e. The van der Waals surface area contributed by atoms with Gasteiger partial charge >= 0.3 is 17.9 Å². The lowest BCUT2D eigenvalue weighted by Crippen LogP contribution is -2.60. The third-order valence-corrected chi connectivity index (χ3v) is 11.4. The van der Waals surface area contributed by atoms with E-state index in [1.54, 1.807) is 0 Å². The molecule has 3 saturated heterocycles. The van der Waals surface area contributed by atoms with Crippen LogP contribution in [-0.2, 0) is 67.1 Å². The van der Waals surface area contributed by atoms with Gasteiger partial charge in [0.2, 0.25) is 65.0 Å². The molecule has 0 bridgehead atoms. The highest BCUT2D eigenvalue weighted by Crippen LogP contribution is 2.22. The smallest absolute Gasteiger partial charge is 0.328 e. The molecular formula is C40H60N12O18. The Morgan fingerprint density at radius 1 is 0.600 bits per heavy atom. The van der Waals surface area contributed by atoms with Crippen molar-refractivity contribution < 1.29 is 87.5 Å². The Labute approximate surface area is 398 Å². The van der Waals surface area contributed by atoms with Gasteiger partial charge in [-0.25, -0.2) is 4.79 Å². The average Bonchev–Trinajstić information content (AvgIpc) is 4.10. The molecule has 30 nitrogen and oxygen atoms in total. The van der Waals surface area contributed by atoms with Crippen LogP contribution in [0.3, 0.4) is 0 Å². The van der Waals surface area contributed by atoms with Gasteiger partial charge in [-0.3, -0.25) is 62.3 Å². The number of carboxylic acids is 3. The van der Waals surface area contributed by atoms with Gasteiger partial charge in [0.15, 0.2) is 0 Å². The van der Waals surface area contributed by atoms with Gasteiger partial charge in [-0.15, -0.1) is 0 Å². The number of nitrogens with one attached hydrogen (secondary N) is 8. The van der Waals surface area contributed by atoms with Crippen molar-refractivity contribution in [3.63, 3.8) is 0 Å². The van der Waals surface area contributed by atoms with Crippen molar-refractivity contribution in [1.82, 2.24) is 52.3 Å². The molecule has 0 saturated carbocycles. The first-order valence-corrected chi connectivity index (χ1v) is 22.2. The zero-order valence-electron chi connectivity index (χ0n) is 38.1. The molecule has 388 valence electrons. The molecule has 0 spiro atoms. The summed E-state index contributed by atoms with van der Waals surface area (Å²) in [5, 5.41) is 55.4. The van der Waals surface area contributed by atoms with E-state index in [-0.39, 0.29) is 25.3 Å². The van der Waals surface area contributed by atoms with Crippen molar-refractivity contribution in [3.8, 4) is 0 Å². The van der Waals surface area contributed by atoms with Crippen molar-refractivity contribution in [1.29, 1.82) is 0 Å². The number of primary amides is 2. The molecule has 16 N–H and O–H groups in total. The van der Waals surface area contributed by atoms with Crippen LogP contribution in [0.15, 0.2) is 0 Å². The van der Waals surface area contributed by atoms with E-state index in [2.05, 4.69) is 31.9 Å². The summed E-state index contributed by atoms with van der Waals surface area (Å²) in [7, 11) is 0. The highest BCUT2D eigenvalue weighted by Gasteiger charge is 2.41. The van der Waals surface area contributed by atoms with E-state index in [0.717, 1.165) is 18.2 Å². The number of amides is 11. The van der Waals surface area contributed by atoms with Crippen LogP contribution >= 0.6 is 0 Å². The minimum absolute atomic E-state index is 0.0728. The number of carbonyl (C=O) groups is 14. The Bertz CT molecular complexity index is 2050. The van der Waals surface area contributed by atoms with E-state index in [9.17, 15) is 82.4 Å². The second kappa shape index (κ2) is 26.9. The van der Waals surface area contributed by atoms with Crippen LogP contribution in [0.25, 0.3) is 0 Å². The predicted molar refractivity (Wildman–Crippen MR) is 232 cm³/mol. The van der Waals surface area contributed by atoms with Gasteiger partial charge in [-0.1, -0.05) is 0 Å². The van der Waals surface area contributed by atoms with Crippen LogP contribution < -0.4 is 54.0 Å². The lowest BCUT2D eigenvalue weighted by molar-refractivity contribution is -0.144. The van der Waals surface area contributed by atoms with Crippen molar-refractivity contribution in [2.75, 3.05) is 32.8 Å². The summed E-state index contributed by atoms with van der Waals surface area (Å²) >= 11 is 0. The summed E-state index contributed by atoms with van der Waals surface area (Å²) < 4.78 is 0. The molecule has 0 radical (unpaired) electrons. The van der Waals surface area contributed by atoms with Gasteiger partial charge < -0.3 is 84.2 Å². The number of nitrogens with two attached hydrogens (primary N) is 2. The highest BCUT2D eigenvalue weighted by molar-refractivity contribution is 6.00. The summed E-state index contributed by atoms with van der Waals surface area (Å²) in [4.78, 5) is 180. The number of nitrogens with zero attached hydrogens (tertiary/aromatic N) is 2. The third-order valence-electron chi connectivity index (χ3n) is 11.4. The molecule has 30 heteroatoms. The fraction of sp³-hybridized carbons (Fsp3) is 0.650. The molecule has 0 aromatic rings. The van der Waals surface area contributed by atoms with Crippen LogP contribution in [0.1, 0.15) is 77.6 Å². The largest absolute Gasteiger partial charge is 0.481 e. The molecule has 3 rings (SSSR count). The first-order valence-electron chi connectivity index (χ1n) is 22.2. The van der Waals surface area contributed by atoms with Gasteiger partial charge in [0.05, 0.1) is 38.5 Å². The first kappa shape index (κ1) is 56.8. The standard InChI is InChI=1S/C40H60N12O18/c1-18(32(61)48-23(15-31(59)60)35(64)50-24(17-53)40(69)70)45-33(62)22(14-30(57)58)49-37(66)26-7-4-12-52(26)39(68)20(8-9-27(41)54)47-34(63)21(13-28(42)55)46-29(56)16-44-36(65)25-6-3-11-51(25)38(67)19-5-2-10-43-19/h18-26,43,53H,2-17H2,1H3,(H2,41,54)(H2,42,55)(H,44,65)(H,45,62)(H,46,56)(H,47,63)(H,48,61)(H,49,66)(H,50,64)(H,57,58)(H,59,60)(H,69,70)/t18-,19-,20-,21-,22-,23-,24-,25-,26-/m0/s1. The van der Waals surface area contributed by atoms with E-state index in [1.807, 2.05) is 10.6 Å². The van der Waals surface area contributed by atoms with Gasteiger partial charge in [0.1, 0.15) is 48.3 Å². The number of aliphatic carboxylic acids is 3. The SMILES string of the molecule is C[C@H](NC(=O)[C@H](CC(=O)O)NC(=O)[C@@H]1CCCN1C(=O)[C@H](CCC(N)=O)NC(=O)[C@H](CC(N)=O)NC(=O)CNC(=O)[C@@H]1CCCN1C(=O)[C@@H]1CCCN1)C(=O)N[C@@H](CC(=O)O)C(=O)N[C@@H](CO)C(=O)O. The van der Waals surface area contributed by atoms with Gasteiger partial charge in [-0.05, 0) is 58.4 Å². The fourth-order valence-corrected chi connectivity index (χ4v) is 7.83. The minimum Gasteiger partial charge on any atom is -0.481 e. The number of aliphatic hydroxyl groups is 1. The molecular weight excluding hydrogens is 937 g/mol. The van der Waals surface area contributed by atoms with Crippen LogP contribution in [0.5, 0.6) is 0 Å². The van der Waals surface area contributed by atoms with Crippen LogP contribution in [0.4, 0.5) is 0 Å². The van der Waals surface area contributed by atoms with E-state index >= 15 is 0 Å². The predicted octanol–water partition coefficient (Wildman–Crippen LogP) is -8.07. The quantitative estimate of drug-likeness (QED) is 0.0363. The van der Waals surface area contributed by atoms with Gasteiger partial charge in [0.25, 0.3) is 0 Å². The van der Waals surface area contributed by atoms with E-state index in [4.69, 9.17) is 16.6 Å². The zero-order chi connectivity index (χ0) is 52.4. The molecule has 3 aliphatic rings. The maximum atomic E-state index is 14.1. The molecule has 3 aliphatic heterocycles. The second-order valence-corrected chi connectivity index (χ2v) is 16.7. The van der Waals surface area contributed by atoms with Crippen molar-refractivity contribution in [3.05, 3.63) is 0 Å². The maximum absolute atomic E-state index is 14.1. The first-order chi connectivity index (χ1) is 32.9. The molecule has 0 aliphatic carbocycles. The number of rotatable bonds is 27. The van der Waals surface area contributed by atoms with Crippen LogP contribution in [-0.4, -0.2) is 200 Å². The van der Waals surface area contributed by atoms with Crippen molar-refractivity contribution >= 4 is 82.9 Å². The van der Waals surface area contributed by atoms with Crippen molar-refractivity contribution in [2.45, 2.75) is 132 Å². The highest BCUT2D eigenvalue weighted by atomic mass is 16.4. The van der Waals surface area contributed by atoms with Gasteiger partial charge in [0, 0.05) is 19.5 Å². The number of carboxylic acid groups (broad SMARTS) is 3. The zero-order valence-corrected chi connectivity index (χ0v) is 38.1. The molecule has 0 unspecified atom stereocenters. The normalized spacial score (nSPS) is 19.9. The number of carbonyl (C=O) groups excluding carboxylic acids is 11. The Hall–Kier alpha value is -7.50. The van der Waals surface area contributed by atoms with Crippen LogP contribution in [0.2, 0.25) is 0 Å². The Kier molecular flexibility index (Phi) is 21.8. The van der Waals surface area contributed by atoms with E-state index in [1.165, 1.54) is 4.90 Å². The summed E-state index contributed by atoms with van der Waals surface area (Å²) in [6.07, 6.45) is -1.55. The molecule has 3 heterocycles. The summed E-state index contributed by atoms with van der Waals surface area (Å²) in [5.74, 6) is -15.8. The Morgan fingerprint density at radius 2 is 1.13 bits per heavy atom. The number of likely N-dealkylation sites (tertiary alicyclic amines) is 2. The molecule has 3 fully saturated rings. The second-order valence-electron chi connectivity index (χ2n) is 16.7.